The number of hydrogen-bond donors (Lipinski definition) is 1. The molecule has 0 fully saturated rings. The second-order valence-electron chi connectivity index (χ2n) is 5.95. The van der Waals surface area contributed by atoms with E-state index < -0.39 is 10.0 Å². The summed E-state index contributed by atoms with van der Waals surface area (Å²) in [5, 5.41) is 0. The maximum absolute atomic E-state index is 12.6. The maximum Gasteiger partial charge on any atom is 0.243 e. The van der Waals surface area contributed by atoms with Crippen LogP contribution in [-0.2, 0) is 10.0 Å². The average molecular weight is 298 g/mol. The lowest BCUT2D eigenvalue weighted by Crippen LogP contribution is -2.36. The number of nitrogen functional groups attached to an aromatic ring is 1. The van der Waals surface area contributed by atoms with Gasteiger partial charge in [0.2, 0.25) is 10.0 Å². The topological polar surface area (TPSA) is 63.4 Å². The highest BCUT2D eigenvalue weighted by atomic mass is 32.2. The van der Waals surface area contributed by atoms with E-state index in [1.807, 2.05) is 20.8 Å². The largest absolute Gasteiger partial charge is 0.398 e. The molecular weight excluding hydrogens is 272 g/mol. The van der Waals surface area contributed by atoms with E-state index in [0.29, 0.717) is 11.6 Å². The fourth-order valence-corrected chi connectivity index (χ4v) is 3.73. The first-order chi connectivity index (χ1) is 9.07. The summed E-state index contributed by atoms with van der Waals surface area (Å²) in [6.07, 6.45) is 0.829. The number of nitrogens with zero attached hydrogens (tertiary/aromatic N) is 1. The first kappa shape index (κ1) is 17.0. The van der Waals surface area contributed by atoms with Crippen LogP contribution in [-0.4, -0.2) is 25.8 Å². The predicted octanol–water partition coefficient (Wildman–Crippen LogP) is 2.94. The quantitative estimate of drug-likeness (QED) is 0.850. The van der Waals surface area contributed by atoms with Crippen LogP contribution in [0.1, 0.15) is 38.3 Å². The summed E-state index contributed by atoms with van der Waals surface area (Å²) in [5.74, 6) is 0.451. The minimum atomic E-state index is -3.49. The van der Waals surface area contributed by atoms with Gasteiger partial charge in [0.05, 0.1) is 4.90 Å². The van der Waals surface area contributed by atoms with Crippen LogP contribution >= 0.6 is 0 Å². The van der Waals surface area contributed by atoms with Crippen LogP contribution in [0.4, 0.5) is 5.69 Å². The molecule has 1 rings (SSSR count). The molecule has 1 aromatic rings. The molecule has 1 unspecified atom stereocenters. The van der Waals surface area contributed by atoms with Crippen LogP contribution in [0.3, 0.4) is 0 Å². The zero-order valence-electron chi connectivity index (χ0n) is 13.3. The Hall–Kier alpha value is -1.07. The van der Waals surface area contributed by atoms with Gasteiger partial charge >= 0.3 is 0 Å². The molecule has 0 heterocycles. The van der Waals surface area contributed by atoms with Gasteiger partial charge < -0.3 is 5.73 Å². The molecule has 4 nitrogen and oxygen atoms in total. The molecule has 0 aliphatic heterocycles. The Labute approximate surface area is 123 Å². The van der Waals surface area contributed by atoms with Gasteiger partial charge in [-0.05, 0) is 56.4 Å². The Morgan fingerprint density at radius 3 is 2.20 bits per heavy atom. The standard InChI is InChI=1S/C15H26N2O2S/c1-10(2)7-12(4)17(6)20(18,19)14-8-11(3)13(5)15(16)9-14/h8-10,12H,7,16H2,1-6H3. The molecule has 0 aromatic heterocycles. The van der Waals surface area contributed by atoms with Crippen LogP contribution in [0.25, 0.3) is 0 Å². The first-order valence-electron chi connectivity index (χ1n) is 6.92. The lowest BCUT2D eigenvalue weighted by Gasteiger charge is -2.26. The SMILES string of the molecule is Cc1cc(S(=O)(=O)N(C)C(C)CC(C)C)cc(N)c1C. The molecule has 0 aliphatic rings. The Kier molecular flexibility index (Phi) is 5.21. The smallest absolute Gasteiger partial charge is 0.243 e. The van der Waals surface area contributed by atoms with E-state index in [1.165, 1.54) is 4.31 Å². The van der Waals surface area contributed by atoms with Crippen molar-refractivity contribution in [1.29, 1.82) is 0 Å². The number of hydrogen-bond acceptors (Lipinski definition) is 3. The van der Waals surface area contributed by atoms with Gasteiger partial charge in [0, 0.05) is 18.8 Å². The monoisotopic (exact) mass is 298 g/mol. The summed E-state index contributed by atoms with van der Waals surface area (Å²) in [6, 6.07) is 3.21. The van der Waals surface area contributed by atoms with E-state index in [4.69, 9.17) is 5.73 Å². The van der Waals surface area contributed by atoms with Gasteiger partial charge in [-0.3, -0.25) is 0 Å². The first-order valence-corrected chi connectivity index (χ1v) is 8.36. The fourth-order valence-electron chi connectivity index (χ4n) is 2.24. The molecule has 0 saturated carbocycles. The minimum absolute atomic E-state index is 0.0390. The van der Waals surface area contributed by atoms with E-state index in [2.05, 4.69) is 13.8 Å². The van der Waals surface area contributed by atoms with Crippen molar-refractivity contribution in [1.82, 2.24) is 4.31 Å². The molecular formula is C15H26N2O2S. The lowest BCUT2D eigenvalue weighted by atomic mass is 10.1. The number of aryl methyl sites for hydroxylation is 1. The molecule has 0 bridgehead atoms. The van der Waals surface area contributed by atoms with Gasteiger partial charge in [-0.15, -0.1) is 0 Å². The Morgan fingerprint density at radius 2 is 1.75 bits per heavy atom. The number of benzene rings is 1. The van der Waals surface area contributed by atoms with E-state index in [0.717, 1.165) is 17.5 Å². The van der Waals surface area contributed by atoms with Gasteiger partial charge in [0.1, 0.15) is 0 Å². The highest BCUT2D eigenvalue weighted by molar-refractivity contribution is 7.89. The zero-order valence-corrected chi connectivity index (χ0v) is 14.1. The Balaban J connectivity index is 3.17. The Bertz CT molecular complexity index is 557. The van der Waals surface area contributed by atoms with Gasteiger partial charge in [-0.2, -0.15) is 4.31 Å². The van der Waals surface area contributed by atoms with Crippen LogP contribution < -0.4 is 5.73 Å². The van der Waals surface area contributed by atoms with Gasteiger partial charge in [0.15, 0.2) is 0 Å². The summed E-state index contributed by atoms with van der Waals surface area (Å²) in [5.41, 5.74) is 8.24. The van der Waals surface area contributed by atoms with Crippen LogP contribution in [0.15, 0.2) is 17.0 Å². The highest BCUT2D eigenvalue weighted by Gasteiger charge is 2.26. The van der Waals surface area contributed by atoms with Crippen molar-refractivity contribution in [2.75, 3.05) is 12.8 Å². The van der Waals surface area contributed by atoms with Gasteiger partial charge in [-0.25, -0.2) is 8.42 Å². The number of sulfonamides is 1. The summed E-state index contributed by atoms with van der Waals surface area (Å²) < 4.78 is 26.7. The van der Waals surface area contributed by atoms with Crippen molar-refractivity contribution in [3.05, 3.63) is 23.3 Å². The van der Waals surface area contributed by atoms with Crippen LogP contribution in [0.5, 0.6) is 0 Å². The third-order valence-corrected chi connectivity index (χ3v) is 5.74. The minimum Gasteiger partial charge on any atom is -0.398 e. The van der Waals surface area contributed by atoms with Gasteiger partial charge in [0.25, 0.3) is 0 Å². The van der Waals surface area contributed by atoms with Crippen molar-refractivity contribution in [2.24, 2.45) is 5.92 Å². The maximum atomic E-state index is 12.6. The Morgan fingerprint density at radius 1 is 1.20 bits per heavy atom. The summed E-state index contributed by atoms with van der Waals surface area (Å²) in [6.45, 7) is 9.88. The zero-order chi connectivity index (χ0) is 15.7. The molecule has 0 radical (unpaired) electrons. The molecule has 0 saturated heterocycles. The number of rotatable bonds is 5. The molecule has 2 N–H and O–H groups in total. The predicted molar refractivity (Wildman–Crippen MR) is 84.2 cm³/mol. The second-order valence-corrected chi connectivity index (χ2v) is 7.95. The molecule has 1 aromatic carbocycles. The summed E-state index contributed by atoms with van der Waals surface area (Å²) >= 11 is 0. The van der Waals surface area contributed by atoms with E-state index in [1.54, 1.807) is 19.2 Å². The normalized spacial score (nSPS) is 14.0. The van der Waals surface area contributed by atoms with Crippen molar-refractivity contribution < 1.29 is 8.42 Å². The molecule has 5 heteroatoms. The summed E-state index contributed by atoms with van der Waals surface area (Å²) in [7, 11) is -1.86. The molecule has 0 aliphatic carbocycles. The fraction of sp³-hybridized carbons (Fsp3) is 0.600. The molecule has 20 heavy (non-hydrogen) atoms. The van der Waals surface area contributed by atoms with Crippen molar-refractivity contribution in [3.63, 3.8) is 0 Å². The average Bonchev–Trinajstić information content (AvgIpc) is 2.33. The van der Waals surface area contributed by atoms with Crippen LogP contribution in [0, 0.1) is 19.8 Å². The lowest BCUT2D eigenvalue weighted by molar-refractivity contribution is 0.338. The number of anilines is 1. The third-order valence-electron chi connectivity index (χ3n) is 3.79. The third kappa shape index (κ3) is 3.52. The van der Waals surface area contributed by atoms with Gasteiger partial charge in [-0.1, -0.05) is 13.8 Å². The molecule has 1 atom stereocenters. The van der Waals surface area contributed by atoms with Crippen LogP contribution in [0.2, 0.25) is 0 Å². The second kappa shape index (κ2) is 6.14. The van der Waals surface area contributed by atoms with Crippen molar-refractivity contribution in [2.45, 2.75) is 52.0 Å². The van der Waals surface area contributed by atoms with E-state index >= 15 is 0 Å². The van der Waals surface area contributed by atoms with Crippen molar-refractivity contribution >= 4 is 15.7 Å². The molecule has 114 valence electrons. The molecule has 0 spiro atoms. The number of nitrogens with two attached hydrogens (primary N) is 1. The molecule has 0 amide bonds. The van der Waals surface area contributed by atoms with E-state index in [9.17, 15) is 8.42 Å². The van der Waals surface area contributed by atoms with E-state index in [-0.39, 0.29) is 10.9 Å². The van der Waals surface area contributed by atoms with Crippen molar-refractivity contribution in [3.8, 4) is 0 Å². The summed E-state index contributed by atoms with van der Waals surface area (Å²) in [4.78, 5) is 0.274. The highest BCUT2D eigenvalue weighted by Crippen LogP contribution is 2.25.